The molecule has 0 radical (unpaired) electrons. The van der Waals surface area contributed by atoms with Crippen molar-refractivity contribution in [2.45, 2.75) is 18.9 Å². The van der Waals surface area contributed by atoms with Crippen LogP contribution in [0.4, 0.5) is 0 Å². The summed E-state index contributed by atoms with van der Waals surface area (Å²) in [5, 5.41) is 0. The van der Waals surface area contributed by atoms with Gasteiger partial charge in [-0.05, 0) is 48.7 Å². The van der Waals surface area contributed by atoms with Crippen molar-refractivity contribution >= 4 is 12.0 Å². The number of nitrogens with zero attached hydrogens (tertiary/aromatic N) is 3. The molecule has 0 aromatic carbocycles. The van der Waals surface area contributed by atoms with Crippen LogP contribution >= 0.6 is 0 Å². The minimum atomic E-state index is 0.0416. The number of hydrogen-bond donors (Lipinski definition) is 0. The molecule has 1 aliphatic rings. The Hall–Kier alpha value is -2.49. The summed E-state index contributed by atoms with van der Waals surface area (Å²) in [5.74, 6) is 0.0416. The topological polar surface area (TPSA) is 46.1 Å². The molecule has 0 saturated carbocycles. The van der Waals surface area contributed by atoms with Gasteiger partial charge >= 0.3 is 0 Å². The van der Waals surface area contributed by atoms with Gasteiger partial charge in [0.1, 0.15) is 0 Å². The molecular weight excluding hydrogens is 262 g/mol. The lowest BCUT2D eigenvalue weighted by Crippen LogP contribution is -2.28. The first-order valence-electron chi connectivity index (χ1n) is 7.14. The maximum absolute atomic E-state index is 12.4. The van der Waals surface area contributed by atoms with Gasteiger partial charge in [-0.1, -0.05) is 6.07 Å². The second-order valence-corrected chi connectivity index (χ2v) is 5.06. The van der Waals surface area contributed by atoms with E-state index < -0.39 is 0 Å². The van der Waals surface area contributed by atoms with E-state index in [1.807, 2.05) is 35.2 Å². The molecule has 21 heavy (non-hydrogen) atoms. The number of likely N-dealkylation sites (tertiary alicyclic amines) is 1. The minimum Gasteiger partial charge on any atom is -0.332 e. The SMILES string of the molecule is O=C(/C=C/c1ccccn1)N1CCCC1c1ccncc1. The Kier molecular flexibility index (Phi) is 4.05. The molecule has 4 heteroatoms. The Morgan fingerprint density at radius 3 is 2.81 bits per heavy atom. The van der Waals surface area contributed by atoms with Crippen LogP contribution in [0.15, 0.2) is 55.0 Å². The predicted octanol–water partition coefficient (Wildman–Crippen LogP) is 2.85. The Morgan fingerprint density at radius 2 is 2.05 bits per heavy atom. The normalized spacial score (nSPS) is 18.3. The van der Waals surface area contributed by atoms with Crippen LogP contribution in [-0.2, 0) is 4.79 Å². The Balaban J connectivity index is 1.73. The average molecular weight is 279 g/mol. The summed E-state index contributed by atoms with van der Waals surface area (Å²) in [4.78, 5) is 22.5. The third-order valence-corrected chi connectivity index (χ3v) is 3.71. The van der Waals surface area contributed by atoms with Gasteiger partial charge in [0, 0.05) is 31.2 Å². The Bertz CT molecular complexity index is 625. The summed E-state index contributed by atoms with van der Waals surface area (Å²) in [5.41, 5.74) is 1.95. The molecule has 2 aromatic heterocycles. The van der Waals surface area contributed by atoms with Crippen LogP contribution in [0.3, 0.4) is 0 Å². The molecule has 1 fully saturated rings. The van der Waals surface area contributed by atoms with Crippen LogP contribution in [0.2, 0.25) is 0 Å². The van der Waals surface area contributed by atoms with Crippen molar-refractivity contribution in [1.29, 1.82) is 0 Å². The number of rotatable bonds is 3. The molecule has 0 bridgehead atoms. The fraction of sp³-hybridized carbons (Fsp3) is 0.235. The lowest BCUT2D eigenvalue weighted by atomic mass is 10.1. The van der Waals surface area contributed by atoms with Gasteiger partial charge in [0.15, 0.2) is 0 Å². The fourth-order valence-corrected chi connectivity index (χ4v) is 2.69. The Labute approximate surface area is 124 Å². The Morgan fingerprint density at radius 1 is 1.19 bits per heavy atom. The van der Waals surface area contributed by atoms with Crippen LogP contribution in [0, 0.1) is 0 Å². The lowest BCUT2D eigenvalue weighted by Gasteiger charge is -2.23. The highest BCUT2D eigenvalue weighted by atomic mass is 16.2. The predicted molar refractivity (Wildman–Crippen MR) is 81.2 cm³/mol. The molecule has 0 aliphatic carbocycles. The molecule has 1 unspecified atom stereocenters. The first-order chi connectivity index (χ1) is 10.3. The summed E-state index contributed by atoms with van der Waals surface area (Å²) in [7, 11) is 0. The third kappa shape index (κ3) is 3.16. The van der Waals surface area contributed by atoms with E-state index in [1.165, 1.54) is 0 Å². The molecular formula is C17H17N3O. The second-order valence-electron chi connectivity index (χ2n) is 5.06. The van der Waals surface area contributed by atoms with Crippen molar-refractivity contribution in [3.05, 3.63) is 66.3 Å². The van der Waals surface area contributed by atoms with E-state index in [-0.39, 0.29) is 11.9 Å². The highest BCUT2D eigenvalue weighted by molar-refractivity contribution is 5.92. The first-order valence-corrected chi connectivity index (χ1v) is 7.14. The van der Waals surface area contributed by atoms with E-state index in [4.69, 9.17) is 0 Å². The van der Waals surface area contributed by atoms with E-state index in [1.54, 1.807) is 30.7 Å². The zero-order chi connectivity index (χ0) is 14.5. The summed E-state index contributed by atoms with van der Waals surface area (Å²) in [6, 6.07) is 9.78. The molecule has 2 aromatic rings. The van der Waals surface area contributed by atoms with E-state index in [0.29, 0.717) is 0 Å². The van der Waals surface area contributed by atoms with E-state index >= 15 is 0 Å². The van der Waals surface area contributed by atoms with Crippen molar-refractivity contribution in [3.8, 4) is 0 Å². The van der Waals surface area contributed by atoms with Crippen LogP contribution in [0.25, 0.3) is 6.08 Å². The van der Waals surface area contributed by atoms with Gasteiger partial charge < -0.3 is 4.90 Å². The molecule has 3 rings (SSSR count). The summed E-state index contributed by atoms with van der Waals surface area (Å²) < 4.78 is 0. The van der Waals surface area contributed by atoms with Crippen molar-refractivity contribution in [2.24, 2.45) is 0 Å². The molecule has 1 aliphatic heterocycles. The minimum absolute atomic E-state index is 0.0416. The maximum Gasteiger partial charge on any atom is 0.247 e. The zero-order valence-corrected chi connectivity index (χ0v) is 11.7. The highest BCUT2D eigenvalue weighted by Crippen LogP contribution is 2.31. The van der Waals surface area contributed by atoms with Gasteiger partial charge in [0.05, 0.1) is 11.7 Å². The average Bonchev–Trinajstić information content (AvgIpc) is 3.04. The number of carbonyl (C=O) groups is 1. The molecule has 4 nitrogen and oxygen atoms in total. The van der Waals surface area contributed by atoms with Crippen molar-refractivity contribution in [3.63, 3.8) is 0 Å². The van der Waals surface area contributed by atoms with Crippen LogP contribution in [0.5, 0.6) is 0 Å². The van der Waals surface area contributed by atoms with Gasteiger partial charge in [-0.3, -0.25) is 14.8 Å². The highest BCUT2D eigenvalue weighted by Gasteiger charge is 2.28. The molecule has 0 spiro atoms. The van der Waals surface area contributed by atoms with Gasteiger partial charge in [-0.15, -0.1) is 0 Å². The molecule has 106 valence electrons. The summed E-state index contributed by atoms with van der Waals surface area (Å²) in [6.45, 7) is 0.804. The lowest BCUT2D eigenvalue weighted by molar-refractivity contribution is -0.126. The number of carbonyl (C=O) groups excluding carboxylic acids is 1. The number of amides is 1. The van der Waals surface area contributed by atoms with Crippen LogP contribution in [-0.4, -0.2) is 27.3 Å². The van der Waals surface area contributed by atoms with Crippen LogP contribution in [0.1, 0.15) is 30.1 Å². The molecule has 3 heterocycles. The van der Waals surface area contributed by atoms with Gasteiger partial charge in [0.2, 0.25) is 5.91 Å². The molecule has 1 saturated heterocycles. The standard InChI is InChI=1S/C17H17N3O/c21-17(7-6-15-4-1-2-10-19-15)20-13-3-5-16(20)14-8-11-18-12-9-14/h1-2,4,6-12,16H,3,5,13H2/b7-6+. The number of hydrogen-bond acceptors (Lipinski definition) is 3. The largest absolute Gasteiger partial charge is 0.332 e. The molecule has 1 atom stereocenters. The van der Waals surface area contributed by atoms with Gasteiger partial charge in [0.25, 0.3) is 0 Å². The fourth-order valence-electron chi connectivity index (χ4n) is 2.69. The quantitative estimate of drug-likeness (QED) is 0.812. The van der Waals surface area contributed by atoms with E-state index in [2.05, 4.69) is 9.97 Å². The van der Waals surface area contributed by atoms with Crippen molar-refractivity contribution in [1.82, 2.24) is 14.9 Å². The first kappa shape index (κ1) is 13.5. The van der Waals surface area contributed by atoms with Crippen molar-refractivity contribution in [2.75, 3.05) is 6.54 Å². The summed E-state index contributed by atoms with van der Waals surface area (Å²) in [6.07, 6.45) is 10.7. The number of pyridine rings is 2. The van der Waals surface area contributed by atoms with E-state index in [0.717, 1.165) is 30.6 Å². The van der Waals surface area contributed by atoms with Crippen LogP contribution < -0.4 is 0 Å². The van der Waals surface area contributed by atoms with Crippen molar-refractivity contribution < 1.29 is 4.79 Å². The second kappa shape index (κ2) is 6.31. The monoisotopic (exact) mass is 279 g/mol. The van der Waals surface area contributed by atoms with E-state index in [9.17, 15) is 4.79 Å². The van der Waals surface area contributed by atoms with Gasteiger partial charge in [-0.25, -0.2) is 0 Å². The number of aromatic nitrogens is 2. The molecule has 0 N–H and O–H groups in total. The summed E-state index contributed by atoms with van der Waals surface area (Å²) >= 11 is 0. The van der Waals surface area contributed by atoms with Gasteiger partial charge in [-0.2, -0.15) is 0 Å². The third-order valence-electron chi connectivity index (χ3n) is 3.71. The maximum atomic E-state index is 12.4. The molecule has 1 amide bonds. The smallest absolute Gasteiger partial charge is 0.247 e. The zero-order valence-electron chi connectivity index (χ0n) is 11.7.